The molecule has 0 unspecified atom stereocenters. The van der Waals surface area contributed by atoms with Crippen molar-refractivity contribution in [3.05, 3.63) is 110 Å². The third-order valence-electron chi connectivity index (χ3n) is 5.75. The van der Waals surface area contributed by atoms with Crippen molar-refractivity contribution in [2.45, 2.75) is 13.1 Å². The number of carbonyl (C=O) groups is 2. The van der Waals surface area contributed by atoms with E-state index in [1.54, 1.807) is 24.4 Å². The van der Waals surface area contributed by atoms with Crippen molar-refractivity contribution in [1.29, 1.82) is 0 Å². The molecule has 5 rings (SSSR count). The van der Waals surface area contributed by atoms with Gasteiger partial charge in [0.15, 0.2) is 0 Å². The molecule has 1 fully saturated rings. The fourth-order valence-corrected chi connectivity index (χ4v) is 5.27. The molecule has 2 amide bonds. The van der Waals surface area contributed by atoms with Crippen molar-refractivity contribution >= 4 is 63.1 Å². The highest BCUT2D eigenvalue weighted by atomic mass is 35.5. The number of aromatic nitrogens is 1. The molecule has 1 aliphatic heterocycles. The molecule has 1 aromatic heterocycles. The van der Waals surface area contributed by atoms with Crippen molar-refractivity contribution < 1.29 is 18.4 Å². The molecule has 2 heterocycles. The molecule has 9 heteroatoms. The number of hydrogen-bond donors (Lipinski definition) is 0. The van der Waals surface area contributed by atoms with Gasteiger partial charge in [0.2, 0.25) is 0 Å². The average Bonchev–Trinajstić information content (AvgIpc) is 3.30. The Morgan fingerprint density at radius 2 is 1.46 bits per heavy atom. The molecule has 4 nitrogen and oxygen atoms in total. The fraction of sp³-hybridized carbons (Fsp3) is 0.0769. The van der Waals surface area contributed by atoms with Crippen molar-refractivity contribution in [2.24, 2.45) is 0 Å². The molecule has 1 saturated heterocycles. The number of amides is 2. The molecule has 0 aliphatic carbocycles. The first-order chi connectivity index (χ1) is 16.8. The number of benzene rings is 3. The third-order valence-corrected chi connectivity index (χ3v) is 7.36. The lowest BCUT2D eigenvalue weighted by atomic mass is 10.1. The van der Waals surface area contributed by atoms with Gasteiger partial charge < -0.3 is 4.57 Å². The minimum Gasteiger partial charge on any atom is -0.342 e. The number of hydrogen-bond acceptors (Lipinski definition) is 3. The Hall–Kier alpha value is -3.13. The summed E-state index contributed by atoms with van der Waals surface area (Å²) in [5, 5.41) is 0.770. The van der Waals surface area contributed by atoms with Crippen LogP contribution in [0, 0.1) is 11.6 Å². The summed E-state index contributed by atoms with van der Waals surface area (Å²) in [6.07, 6.45) is 3.41. The minimum atomic E-state index is -0.588. The highest BCUT2D eigenvalue weighted by molar-refractivity contribution is 8.18. The van der Waals surface area contributed by atoms with E-state index in [1.165, 1.54) is 24.3 Å². The number of thioether (sulfide) groups is 1. The van der Waals surface area contributed by atoms with E-state index in [9.17, 15) is 18.4 Å². The fourth-order valence-electron chi connectivity index (χ4n) is 3.99. The van der Waals surface area contributed by atoms with E-state index >= 15 is 0 Å². The second kappa shape index (κ2) is 9.49. The van der Waals surface area contributed by atoms with Crippen LogP contribution < -0.4 is 0 Å². The normalized spacial score (nSPS) is 15.1. The quantitative estimate of drug-likeness (QED) is 0.251. The lowest BCUT2D eigenvalue weighted by Gasteiger charge is -2.14. The molecule has 0 bridgehead atoms. The second-order valence-corrected chi connectivity index (χ2v) is 9.71. The highest BCUT2D eigenvalue weighted by Gasteiger charge is 2.36. The van der Waals surface area contributed by atoms with Crippen LogP contribution in [0.4, 0.5) is 13.6 Å². The maximum atomic E-state index is 14.4. The van der Waals surface area contributed by atoms with Gasteiger partial charge in [-0.15, -0.1) is 0 Å². The van der Waals surface area contributed by atoms with E-state index in [4.69, 9.17) is 23.2 Å². The summed E-state index contributed by atoms with van der Waals surface area (Å²) in [7, 11) is 0. The Balaban J connectivity index is 1.49. The lowest BCUT2D eigenvalue weighted by molar-refractivity contribution is -0.123. The van der Waals surface area contributed by atoms with Gasteiger partial charge in [0.05, 0.1) is 18.0 Å². The zero-order valence-corrected chi connectivity index (χ0v) is 20.3. The molecular formula is C26H16Cl2F2N2O2S. The number of para-hydroxylation sites is 1. The molecule has 0 atom stereocenters. The van der Waals surface area contributed by atoms with Crippen LogP contribution in [0.3, 0.4) is 0 Å². The summed E-state index contributed by atoms with van der Waals surface area (Å²) in [5.41, 5.74) is 1.93. The Kier molecular flexibility index (Phi) is 6.40. The summed E-state index contributed by atoms with van der Waals surface area (Å²) in [6.45, 7) is -0.0752. The van der Waals surface area contributed by atoms with E-state index in [-0.39, 0.29) is 28.6 Å². The summed E-state index contributed by atoms with van der Waals surface area (Å²) in [6, 6.07) is 16.2. The number of imide groups is 1. The van der Waals surface area contributed by atoms with Crippen LogP contribution in [0.1, 0.15) is 16.7 Å². The number of rotatable bonds is 5. The summed E-state index contributed by atoms with van der Waals surface area (Å²) in [4.78, 5) is 26.8. The van der Waals surface area contributed by atoms with Gasteiger partial charge in [-0.25, -0.2) is 8.78 Å². The van der Waals surface area contributed by atoms with Crippen LogP contribution in [0.15, 0.2) is 71.8 Å². The number of fused-ring (bicyclic) bond motifs is 1. The third kappa shape index (κ3) is 4.47. The lowest BCUT2D eigenvalue weighted by Crippen LogP contribution is -2.28. The predicted octanol–water partition coefficient (Wildman–Crippen LogP) is 7.51. The number of halogens is 4. The Morgan fingerprint density at radius 1 is 0.829 bits per heavy atom. The Labute approximate surface area is 213 Å². The summed E-state index contributed by atoms with van der Waals surface area (Å²) >= 11 is 13.1. The molecule has 3 aromatic carbocycles. The minimum absolute atomic E-state index is 0.0797. The van der Waals surface area contributed by atoms with Gasteiger partial charge in [-0.1, -0.05) is 53.5 Å². The van der Waals surface area contributed by atoms with Crippen LogP contribution in [0.5, 0.6) is 0 Å². The van der Waals surface area contributed by atoms with Crippen molar-refractivity contribution in [3.63, 3.8) is 0 Å². The zero-order chi connectivity index (χ0) is 24.7. The van der Waals surface area contributed by atoms with Crippen molar-refractivity contribution in [3.8, 4) is 0 Å². The average molecular weight is 529 g/mol. The van der Waals surface area contributed by atoms with E-state index < -0.39 is 22.8 Å². The van der Waals surface area contributed by atoms with E-state index in [0.717, 1.165) is 27.6 Å². The molecule has 0 N–H and O–H groups in total. The first kappa shape index (κ1) is 23.6. The van der Waals surface area contributed by atoms with Gasteiger partial charge in [0.25, 0.3) is 11.1 Å². The van der Waals surface area contributed by atoms with Gasteiger partial charge in [-0.2, -0.15) is 0 Å². The number of carbonyl (C=O) groups excluding carboxylic acids is 2. The highest BCUT2D eigenvalue weighted by Crippen LogP contribution is 2.36. The van der Waals surface area contributed by atoms with E-state index in [0.29, 0.717) is 16.1 Å². The summed E-state index contributed by atoms with van der Waals surface area (Å²) < 4.78 is 30.5. The maximum absolute atomic E-state index is 14.4. The SMILES string of the molecule is O=C1S/C(=C\c2cn(Cc3c(F)cccc3Cl)c3ccccc23)C(=O)N1Cc1c(F)cccc1Cl. The largest absolute Gasteiger partial charge is 0.342 e. The predicted molar refractivity (Wildman–Crippen MR) is 135 cm³/mol. The van der Waals surface area contributed by atoms with Crippen LogP contribution in [0.25, 0.3) is 17.0 Å². The van der Waals surface area contributed by atoms with Crippen LogP contribution in [-0.2, 0) is 17.9 Å². The molecule has 35 heavy (non-hydrogen) atoms. The van der Waals surface area contributed by atoms with E-state index in [1.807, 2.05) is 28.8 Å². The van der Waals surface area contributed by atoms with Gasteiger partial charge >= 0.3 is 0 Å². The van der Waals surface area contributed by atoms with E-state index in [2.05, 4.69) is 0 Å². The smallest absolute Gasteiger partial charge is 0.293 e. The molecule has 4 aromatic rings. The van der Waals surface area contributed by atoms with Crippen molar-refractivity contribution in [1.82, 2.24) is 9.47 Å². The molecule has 1 aliphatic rings. The number of nitrogens with zero attached hydrogens (tertiary/aromatic N) is 2. The van der Waals surface area contributed by atoms with Gasteiger partial charge in [-0.3, -0.25) is 14.5 Å². The van der Waals surface area contributed by atoms with Gasteiger partial charge in [0.1, 0.15) is 11.6 Å². The molecule has 0 radical (unpaired) electrons. The monoisotopic (exact) mass is 528 g/mol. The standard InChI is InChI=1S/C26H16Cl2F2N2O2S/c27-19-6-3-8-21(29)17(19)13-31-12-15(16-5-1-2-10-23(16)31)11-24-25(33)32(26(34)35-24)14-18-20(28)7-4-9-22(18)30/h1-12H,13-14H2/b24-11-. The molecular weight excluding hydrogens is 513 g/mol. The van der Waals surface area contributed by atoms with Crippen LogP contribution in [0.2, 0.25) is 10.0 Å². The summed E-state index contributed by atoms with van der Waals surface area (Å²) in [5.74, 6) is -1.53. The first-order valence-corrected chi connectivity index (χ1v) is 12.1. The van der Waals surface area contributed by atoms with Gasteiger partial charge in [0, 0.05) is 43.8 Å². The maximum Gasteiger partial charge on any atom is 0.293 e. The van der Waals surface area contributed by atoms with Crippen LogP contribution >= 0.6 is 35.0 Å². The molecule has 176 valence electrons. The topological polar surface area (TPSA) is 42.3 Å². The first-order valence-electron chi connectivity index (χ1n) is 10.5. The second-order valence-electron chi connectivity index (χ2n) is 7.90. The molecule has 0 spiro atoms. The van der Waals surface area contributed by atoms with Crippen molar-refractivity contribution in [2.75, 3.05) is 0 Å². The van der Waals surface area contributed by atoms with Crippen LogP contribution in [-0.4, -0.2) is 20.6 Å². The Morgan fingerprint density at radius 3 is 2.11 bits per heavy atom. The zero-order valence-electron chi connectivity index (χ0n) is 18.0. The molecule has 0 saturated carbocycles. The Bertz CT molecular complexity index is 1490. The van der Waals surface area contributed by atoms with Gasteiger partial charge in [-0.05, 0) is 48.2 Å².